The lowest BCUT2D eigenvalue weighted by Crippen LogP contribution is -2.21. The van der Waals surface area contributed by atoms with Gasteiger partial charge < -0.3 is 15.8 Å². The summed E-state index contributed by atoms with van der Waals surface area (Å²) in [6.07, 6.45) is 1.58. The summed E-state index contributed by atoms with van der Waals surface area (Å²) < 4.78 is 0. The van der Waals surface area contributed by atoms with Gasteiger partial charge in [-0.15, -0.1) is 0 Å². The van der Waals surface area contributed by atoms with Crippen molar-refractivity contribution in [1.29, 1.82) is 0 Å². The predicted molar refractivity (Wildman–Crippen MR) is 73.7 cm³/mol. The Balaban J connectivity index is 2.39. The molecular weight excluding hydrogens is 242 g/mol. The number of hydrogen-bond acceptors (Lipinski definition) is 5. The maximum absolute atomic E-state index is 8.68. The Kier molecular flexibility index (Phi) is 3.92. The van der Waals surface area contributed by atoms with Gasteiger partial charge in [-0.2, -0.15) is 0 Å². The number of rotatable bonds is 4. The van der Waals surface area contributed by atoms with Gasteiger partial charge in [0.05, 0.1) is 0 Å². The van der Waals surface area contributed by atoms with E-state index in [0.29, 0.717) is 18.2 Å². The summed E-state index contributed by atoms with van der Waals surface area (Å²) in [4.78, 5) is 10.5. The third kappa shape index (κ3) is 2.79. The minimum atomic E-state index is -0.0345. The van der Waals surface area contributed by atoms with Crippen molar-refractivity contribution in [2.24, 2.45) is 10.9 Å². The third-order valence-corrected chi connectivity index (χ3v) is 2.64. The van der Waals surface area contributed by atoms with Gasteiger partial charge in [-0.3, -0.25) is 0 Å². The number of benzene rings is 1. The highest BCUT2D eigenvalue weighted by Gasteiger charge is 2.11. The van der Waals surface area contributed by atoms with Crippen LogP contribution in [0.15, 0.2) is 47.8 Å². The summed E-state index contributed by atoms with van der Waals surface area (Å²) in [6.45, 7) is 2.72. The molecule has 0 saturated carbocycles. The molecule has 2 aromatic rings. The fourth-order valence-corrected chi connectivity index (χ4v) is 1.72. The number of anilines is 2. The number of hydrogen-bond donors (Lipinski definition) is 2. The maximum atomic E-state index is 8.68. The first-order chi connectivity index (χ1) is 9.26. The van der Waals surface area contributed by atoms with Crippen LogP contribution in [0.1, 0.15) is 12.6 Å². The zero-order valence-electron chi connectivity index (χ0n) is 10.6. The van der Waals surface area contributed by atoms with Crippen LogP contribution in [-0.4, -0.2) is 27.6 Å². The Hall–Kier alpha value is -2.63. The standard InChI is InChI=1S/C13H15N5O/c1-2-18(10-6-4-3-5-7-10)13-15-9-8-11(16-13)12(14)17-19/h3-9,19H,2H2,1H3,(H2,14,17). The van der Waals surface area contributed by atoms with Crippen LogP contribution in [0.5, 0.6) is 0 Å². The molecule has 19 heavy (non-hydrogen) atoms. The van der Waals surface area contributed by atoms with E-state index in [1.807, 2.05) is 42.2 Å². The van der Waals surface area contributed by atoms with E-state index in [0.717, 1.165) is 5.69 Å². The Labute approximate surface area is 111 Å². The summed E-state index contributed by atoms with van der Waals surface area (Å²) in [7, 11) is 0. The van der Waals surface area contributed by atoms with E-state index in [9.17, 15) is 0 Å². The van der Waals surface area contributed by atoms with Crippen molar-refractivity contribution < 1.29 is 5.21 Å². The molecular formula is C13H15N5O. The average Bonchev–Trinajstić information content (AvgIpc) is 2.48. The Bertz CT molecular complexity index is 570. The number of nitrogens with two attached hydrogens (primary N) is 1. The largest absolute Gasteiger partial charge is 0.409 e. The van der Waals surface area contributed by atoms with Gasteiger partial charge in [-0.1, -0.05) is 23.4 Å². The quantitative estimate of drug-likeness (QED) is 0.377. The molecule has 0 radical (unpaired) electrons. The fraction of sp³-hybridized carbons (Fsp3) is 0.154. The molecule has 0 spiro atoms. The molecule has 0 aliphatic rings. The van der Waals surface area contributed by atoms with Crippen molar-refractivity contribution in [3.05, 3.63) is 48.3 Å². The second kappa shape index (κ2) is 5.81. The van der Waals surface area contributed by atoms with Crippen LogP contribution in [-0.2, 0) is 0 Å². The van der Waals surface area contributed by atoms with Gasteiger partial charge in [0.15, 0.2) is 5.84 Å². The van der Waals surface area contributed by atoms with Crippen LogP contribution in [0.2, 0.25) is 0 Å². The third-order valence-electron chi connectivity index (χ3n) is 2.64. The molecule has 0 atom stereocenters. The van der Waals surface area contributed by atoms with Gasteiger partial charge in [0.1, 0.15) is 5.69 Å². The van der Waals surface area contributed by atoms with Gasteiger partial charge in [0.25, 0.3) is 0 Å². The second-order valence-corrected chi connectivity index (χ2v) is 3.81. The fourth-order valence-electron chi connectivity index (χ4n) is 1.72. The van der Waals surface area contributed by atoms with Gasteiger partial charge in [0.2, 0.25) is 5.95 Å². The molecule has 1 aromatic heterocycles. The van der Waals surface area contributed by atoms with Crippen molar-refractivity contribution in [3.63, 3.8) is 0 Å². The van der Waals surface area contributed by atoms with Crippen molar-refractivity contribution in [2.45, 2.75) is 6.92 Å². The Morgan fingerprint density at radius 2 is 2.05 bits per heavy atom. The predicted octanol–water partition coefficient (Wildman–Crippen LogP) is 1.73. The number of nitrogens with zero attached hydrogens (tertiary/aromatic N) is 4. The minimum absolute atomic E-state index is 0.0345. The topological polar surface area (TPSA) is 87.6 Å². The van der Waals surface area contributed by atoms with E-state index >= 15 is 0 Å². The van der Waals surface area contributed by atoms with Crippen LogP contribution in [0.4, 0.5) is 11.6 Å². The van der Waals surface area contributed by atoms with Crippen molar-refractivity contribution in [3.8, 4) is 0 Å². The molecule has 2 rings (SSSR count). The number of para-hydroxylation sites is 1. The van der Waals surface area contributed by atoms with E-state index in [1.54, 1.807) is 12.3 Å². The molecule has 0 unspecified atom stereocenters. The van der Waals surface area contributed by atoms with Gasteiger partial charge in [-0.05, 0) is 25.1 Å². The van der Waals surface area contributed by atoms with Crippen molar-refractivity contribution >= 4 is 17.5 Å². The molecule has 1 heterocycles. The molecule has 6 nitrogen and oxygen atoms in total. The molecule has 0 aliphatic carbocycles. The first-order valence-electron chi connectivity index (χ1n) is 5.89. The molecule has 0 amide bonds. The Morgan fingerprint density at radius 3 is 2.68 bits per heavy atom. The molecule has 0 saturated heterocycles. The molecule has 98 valence electrons. The summed E-state index contributed by atoms with van der Waals surface area (Å²) >= 11 is 0. The highest BCUT2D eigenvalue weighted by atomic mass is 16.4. The number of oxime groups is 1. The van der Waals surface area contributed by atoms with E-state index in [2.05, 4.69) is 15.1 Å². The summed E-state index contributed by atoms with van der Waals surface area (Å²) in [5.41, 5.74) is 6.91. The minimum Gasteiger partial charge on any atom is -0.409 e. The maximum Gasteiger partial charge on any atom is 0.230 e. The number of amidine groups is 1. The molecule has 1 aromatic carbocycles. The first-order valence-corrected chi connectivity index (χ1v) is 5.89. The molecule has 0 aliphatic heterocycles. The molecule has 0 bridgehead atoms. The van der Waals surface area contributed by atoms with Crippen LogP contribution < -0.4 is 10.6 Å². The lowest BCUT2D eigenvalue weighted by molar-refractivity contribution is 0.318. The summed E-state index contributed by atoms with van der Waals surface area (Å²) in [5.74, 6) is 0.477. The van der Waals surface area contributed by atoms with Crippen LogP contribution >= 0.6 is 0 Å². The van der Waals surface area contributed by atoms with Crippen LogP contribution in [0, 0.1) is 0 Å². The normalized spacial score (nSPS) is 11.3. The summed E-state index contributed by atoms with van der Waals surface area (Å²) in [6, 6.07) is 11.4. The van der Waals surface area contributed by atoms with Gasteiger partial charge in [0, 0.05) is 18.4 Å². The first kappa shape index (κ1) is 12.8. The van der Waals surface area contributed by atoms with Crippen LogP contribution in [0.25, 0.3) is 0 Å². The SMILES string of the molecule is CCN(c1ccccc1)c1nccc(/C(N)=N/O)n1. The lowest BCUT2D eigenvalue weighted by atomic mass is 10.3. The second-order valence-electron chi connectivity index (χ2n) is 3.81. The molecule has 6 heteroatoms. The van der Waals surface area contributed by atoms with Gasteiger partial charge in [-0.25, -0.2) is 9.97 Å². The zero-order valence-corrected chi connectivity index (χ0v) is 10.6. The average molecular weight is 257 g/mol. The van der Waals surface area contributed by atoms with E-state index in [4.69, 9.17) is 10.9 Å². The highest BCUT2D eigenvalue weighted by Crippen LogP contribution is 2.20. The summed E-state index contributed by atoms with van der Waals surface area (Å²) in [5, 5.41) is 11.6. The monoisotopic (exact) mass is 257 g/mol. The lowest BCUT2D eigenvalue weighted by Gasteiger charge is -2.20. The van der Waals surface area contributed by atoms with E-state index in [-0.39, 0.29) is 5.84 Å². The van der Waals surface area contributed by atoms with Crippen LogP contribution in [0.3, 0.4) is 0 Å². The van der Waals surface area contributed by atoms with Gasteiger partial charge >= 0.3 is 0 Å². The molecule has 0 fully saturated rings. The van der Waals surface area contributed by atoms with E-state index < -0.39 is 0 Å². The molecule has 3 N–H and O–H groups in total. The number of aromatic nitrogens is 2. The Morgan fingerprint density at radius 1 is 1.32 bits per heavy atom. The smallest absolute Gasteiger partial charge is 0.230 e. The van der Waals surface area contributed by atoms with Crippen molar-refractivity contribution in [1.82, 2.24) is 9.97 Å². The highest BCUT2D eigenvalue weighted by molar-refractivity contribution is 5.95. The van der Waals surface area contributed by atoms with E-state index in [1.165, 1.54) is 0 Å². The zero-order chi connectivity index (χ0) is 13.7. The van der Waals surface area contributed by atoms with Crippen molar-refractivity contribution in [2.75, 3.05) is 11.4 Å².